The number of hydrogen-bond donors (Lipinski definition) is 1. The molecule has 5 nitrogen and oxygen atoms in total. The van der Waals surface area contributed by atoms with E-state index in [9.17, 15) is 0 Å². The number of benzene rings is 1. The van der Waals surface area contributed by atoms with E-state index in [1.54, 1.807) is 40.5 Å². The summed E-state index contributed by atoms with van der Waals surface area (Å²) >= 11 is 5.98. The van der Waals surface area contributed by atoms with Crippen molar-refractivity contribution in [1.29, 1.82) is 0 Å². The molecule has 0 aliphatic carbocycles. The fraction of sp³-hybridized carbons (Fsp3) is 0.333. The number of hydrogen-bond acceptors (Lipinski definition) is 4. The maximum Gasteiger partial charge on any atom is 0.134 e. The average Bonchev–Trinajstić information content (AvgIpc) is 2.45. The zero-order valence-electron chi connectivity index (χ0n) is 12.7. The summed E-state index contributed by atoms with van der Waals surface area (Å²) in [6, 6.07) is 5.46. The fourth-order valence-electron chi connectivity index (χ4n) is 1.64. The third-order valence-corrected chi connectivity index (χ3v) is 2.59. The van der Waals surface area contributed by atoms with Crippen molar-refractivity contribution in [3.63, 3.8) is 0 Å². The van der Waals surface area contributed by atoms with Crippen LogP contribution in [0, 0.1) is 0 Å². The Labute approximate surface area is 130 Å². The molecule has 1 unspecified atom stereocenters. The van der Waals surface area contributed by atoms with Crippen LogP contribution in [0.5, 0.6) is 11.5 Å². The van der Waals surface area contributed by atoms with Gasteiger partial charge in [0.15, 0.2) is 0 Å². The molecule has 0 spiro atoms. The molecular formula is C15H20ClN3O2. The highest BCUT2D eigenvalue weighted by Crippen LogP contribution is 2.23. The molecule has 1 atom stereocenters. The van der Waals surface area contributed by atoms with E-state index in [4.69, 9.17) is 21.1 Å². The molecule has 0 aliphatic heterocycles. The van der Waals surface area contributed by atoms with Crippen LogP contribution < -0.4 is 14.8 Å². The standard InChI is InChI=1S/C15H20ClN3O2/c1-10(9-17-3)18-15(19-11(2)16)12-6-13(20-4)8-14(7-12)21-5/h6-9,11H,1H2,2-5H3,(H,18,19). The van der Waals surface area contributed by atoms with E-state index in [2.05, 4.69) is 21.9 Å². The number of ether oxygens (including phenoxy) is 2. The Morgan fingerprint density at radius 1 is 1.29 bits per heavy atom. The lowest BCUT2D eigenvalue weighted by atomic mass is 10.1. The summed E-state index contributed by atoms with van der Waals surface area (Å²) < 4.78 is 10.5. The minimum absolute atomic E-state index is 0.393. The third kappa shape index (κ3) is 5.47. The number of amidine groups is 1. The van der Waals surface area contributed by atoms with Crippen molar-refractivity contribution in [2.45, 2.75) is 12.4 Å². The van der Waals surface area contributed by atoms with Crippen molar-refractivity contribution in [2.24, 2.45) is 9.98 Å². The molecule has 0 aliphatic rings. The quantitative estimate of drug-likeness (QED) is 0.380. The Bertz CT molecular complexity index is 532. The van der Waals surface area contributed by atoms with Gasteiger partial charge in [-0.1, -0.05) is 18.2 Å². The van der Waals surface area contributed by atoms with Crippen LogP contribution >= 0.6 is 11.6 Å². The first kappa shape index (κ1) is 17.0. The lowest BCUT2D eigenvalue weighted by molar-refractivity contribution is 0.394. The summed E-state index contributed by atoms with van der Waals surface area (Å²) in [5.41, 5.74) is 0.996. The van der Waals surface area contributed by atoms with E-state index >= 15 is 0 Å². The van der Waals surface area contributed by atoms with Crippen LogP contribution in [0.25, 0.3) is 0 Å². The van der Waals surface area contributed by atoms with Crippen LogP contribution in [0.15, 0.2) is 40.5 Å². The topological polar surface area (TPSA) is 55.2 Å². The van der Waals surface area contributed by atoms with Gasteiger partial charge in [-0.15, -0.1) is 0 Å². The molecule has 0 amide bonds. The van der Waals surface area contributed by atoms with E-state index in [0.717, 1.165) is 5.56 Å². The Kier molecular flexibility index (Phi) is 6.75. The molecule has 1 N–H and O–H groups in total. The summed E-state index contributed by atoms with van der Waals surface area (Å²) in [5.74, 6) is 1.89. The molecular weight excluding hydrogens is 290 g/mol. The number of nitrogens with zero attached hydrogens (tertiary/aromatic N) is 2. The zero-order chi connectivity index (χ0) is 15.8. The van der Waals surface area contributed by atoms with E-state index in [1.165, 1.54) is 0 Å². The van der Waals surface area contributed by atoms with Crippen LogP contribution in [0.4, 0.5) is 0 Å². The largest absolute Gasteiger partial charge is 0.497 e. The maximum atomic E-state index is 5.98. The van der Waals surface area contributed by atoms with Gasteiger partial charge in [0.05, 0.1) is 19.9 Å². The predicted octanol–water partition coefficient (Wildman–Crippen LogP) is 2.84. The lowest BCUT2D eigenvalue weighted by Gasteiger charge is -2.13. The van der Waals surface area contributed by atoms with Gasteiger partial charge in [0.2, 0.25) is 0 Å². The van der Waals surface area contributed by atoms with E-state index in [0.29, 0.717) is 23.0 Å². The first-order chi connectivity index (χ1) is 9.99. The number of rotatable bonds is 6. The van der Waals surface area contributed by atoms with Gasteiger partial charge >= 0.3 is 0 Å². The lowest BCUT2D eigenvalue weighted by Crippen LogP contribution is -2.25. The van der Waals surface area contributed by atoms with Gasteiger partial charge < -0.3 is 14.8 Å². The van der Waals surface area contributed by atoms with Crippen molar-refractivity contribution in [3.05, 3.63) is 36.0 Å². The predicted molar refractivity (Wildman–Crippen MR) is 88.1 cm³/mol. The van der Waals surface area contributed by atoms with Crippen LogP contribution in [0.1, 0.15) is 12.5 Å². The van der Waals surface area contributed by atoms with Crippen LogP contribution in [0.2, 0.25) is 0 Å². The maximum absolute atomic E-state index is 5.98. The molecule has 0 heterocycles. The van der Waals surface area contributed by atoms with E-state index in [1.807, 2.05) is 12.1 Å². The van der Waals surface area contributed by atoms with Crippen LogP contribution in [-0.2, 0) is 0 Å². The highest BCUT2D eigenvalue weighted by Gasteiger charge is 2.10. The molecule has 0 saturated heterocycles. The number of alkyl halides is 1. The molecule has 0 bridgehead atoms. The summed E-state index contributed by atoms with van der Waals surface area (Å²) in [6.07, 6.45) is 1.60. The van der Waals surface area contributed by atoms with Crippen molar-refractivity contribution >= 4 is 23.7 Å². The highest BCUT2D eigenvalue weighted by atomic mass is 35.5. The molecule has 0 aromatic heterocycles. The summed E-state index contributed by atoms with van der Waals surface area (Å²) in [5, 5.41) is 3.08. The molecule has 0 radical (unpaired) electrons. The van der Waals surface area contributed by atoms with E-state index < -0.39 is 5.50 Å². The third-order valence-electron chi connectivity index (χ3n) is 2.50. The Morgan fingerprint density at radius 2 is 1.86 bits per heavy atom. The van der Waals surface area contributed by atoms with Gasteiger partial charge in [0.25, 0.3) is 0 Å². The van der Waals surface area contributed by atoms with Gasteiger partial charge in [-0.05, 0) is 19.1 Å². The molecule has 1 rings (SSSR count). The van der Waals surface area contributed by atoms with Crippen LogP contribution in [-0.4, -0.2) is 38.8 Å². The van der Waals surface area contributed by atoms with Gasteiger partial charge in [0.1, 0.15) is 22.8 Å². The smallest absolute Gasteiger partial charge is 0.134 e. The summed E-state index contributed by atoms with van der Waals surface area (Å²) in [6.45, 7) is 5.63. The van der Waals surface area contributed by atoms with Gasteiger partial charge in [0, 0.05) is 24.9 Å². The first-order valence-electron chi connectivity index (χ1n) is 6.33. The summed E-state index contributed by atoms with van der Waals surface area (Å²) in [7, 11) is 4.85. The van der Waals surface area contributed by atoms with Gasteiger partial charge in [-0.25, -0.2) is 4.99 Å². The normalized spacial score (nSPS) is 13.1. The molecule has 0 saturated carbocycles. The van der Waals surface area contributed by atoms with Crippen molar-refractivity contribution in [2.75, 3.05) is 21.3 Å². The fourth-order valence-corrected chi connectivity index (χ4v) is 1.74. The van der Waals surface area contributed by atoms with E-state index in [-0.39, 0.29) is 0 Å². The monoisotopic (exact) mass is 309 g/mol. The van der Waals surface area contributed by atoms with Crippen LogP contribution in [0.3, 0.4) is 0 Å². The minimum atomic E-state index is -0.393. The second-order valence-corrected chi connectivity index (χ2v) is 4.82. The molecule has 0 fully saturated rings. The molecule has 21 heavy (non-hydrogen) atoms. The number of methoxy groups -OCH3 is 2. The number of halogens is 1. The minimum Gasteiger partial charge on any atom is -0.497 e. The number of nitrogens with one attached hydrogen (secondary N) is 1. The highest BCUT2D eigenvalue weighted by molar-refractivity contribution is 6.21. The van der Waals surface area contributed by atoms with Crippen molar-refractivity contribution < 1.29 is 9.47 Å². The summed E-state index contributed by atoms with van der Waals surface area (Å²) in [4.78, 5) is 8.26. The second kappa shape index (κ2) is 8.32. The van der Waals surface area contributed by atoms with Crippen molar-refractivity contribution in [1.82, 2.24) is 5.32 Å². The molecule has 114 valence electrons. The molecule has 6 heteroatoms. The molecule has 1 aromatic rings. The molecule has 1 aromatic carbocycles. The van der Waals surface area contributed by atoms with Gasteiger partial charge in [-0.3, -0.25) is 4.99 Å². The second-order valence-electron chi connectivity index (χ2n) is 4.19. The zero-order valence-corrected chi connectivity index (χ0v) is 13.4. The average molecular weight is 310 g/mol. The van der Waals surface area contributed by atoms with Crippen molar-refractivity contribution in [3.8, 4) is 11.5 Å². The Balaban J connectivity index is 3.22. The Morgan fingerprint density at radius 3 is 2.29 bits per heavy atom. The van der Waals surface area contributed by atoms with Gasteiger partial charge in [-0.2, -0.15) is 0 Å². The number of allylic oxidation sites excluding steroid dienone is 1. The Hall–Kier alpha value is -2.01. The number of aliphatic imine (C=N–C) groups is 2. The first-order valence-corrected chi connectivity index (χ1v) is 6.77. The SMILES string of the molecule is C=C(C=NC)NC(=NC(C)Cl)c1cc(OC)cc(OC)c1.